The number of aryl methyl sites for hydroxylation is 2. The molecule has 1 aromatic heterocycles. The number of halogens is 3. The summed E-state index contributed by atoms with van der Waals surface area (Å²) in [7, 11) is 0. The number of benzene rings is 1. The topological polar surface area (TPSA) is 20.2 Å². The molecule has 1 N–H and O–H groups in total. The highest BCUT2D eigenvalue weighted by Gasteiger charge is 2.20. The van der Waals surface area contributed by atoms with Crippen molar-refractivity contribution < 1.29 is 13.9 Å². The van der Waals surface area contributed by atoms with Crippen LogP contribution in [0.3, 0.4) is 0 Å². The largest absolute Gasteiger partial charge is 0.384 e. The van der Waals surface area contributed by atoms with Gasteiger partial charge in [-0.15, -0.1) is 11.3 Å². The summed E-state index contributed by atoms with van der Waals surface area (Å²) in [6.45, 7) is 3.73. The van der Waals surface area contributed by atoms with Crippen LogP contribution in [0.1, 0.15) is 27.0 Å². The second kappa shape index (κ2) is 4.96. The highest BCUT2D eigenvalue weighted by Crippen LogP contribution is 2.33. The lowest BCUT2D eigenvalue weighted by molar-refractivity contribution is 0.214. The van der Waals surface area contributed by atoms with E-state index in [1.807, 2.05) is 13.8 Å². The van der Waals surface area contributed by atoms with E-state index in [9.17, 15) is 13.9 Å². The van der Waals surface area contributed by atoms with Gasteiger partial charge in [0, 0.05) is 15.3 Å². The lowest BCUT2D eigenvalue weighted by Gasteiger charge is -2.12. The molecule has 0 fully saturated rings. The zero-order valence-electron chi connectivity index (χ0n) is 9.80. The van der Waals surface area contributed by atoms with Crippen molar-refractivity contribution in [2.45, 2.75) is 20.0 Å². The Kier molecular flexibility index (Phi) is 3.71. The quantitative estimate of drug-likeness (QED) is 0.813. The van der Waals surface area contributed by atoms with Crippen molar-refractivity contribution >= 4 is 22.9 Å². The maximum absolute atomic E-state index is 13.7. The zero-order valence-corrected chi connectivity index (χ0v) is 11.4. The van der Waals surface area contributed by atoms with Crippen molar-refractivity contribution in [3.63, 3.8) is 0 Å². The predicted octanol–water partition coefficient (Wildman–Crippen LogP) is 4.38. The Bertz CT molecular complexity index is 595. The molecule has 2 aromatic rings. The Hall–Kier alpha value is -0.970. The van der Waals surface area contributed by atoms with E-state index in [1.165, 1.54) is 11.3 Å². The van der Waals surface area contributed by atoms with Crippen LogP contribution in [0.2, 0.25) is 5.02 Å². The first kappa shape index (κ1) is 13.5. The highest BCUT2D eigenvalue weighted by atomic mass is 35.5. The van der Waals surface area contributed by atoms with E-state index >= 15 is 0 Å². The summed E-state index contributed by atoms with van der Waals surface area (Å²) in [6, 6.07) is 3.59. The van der Waals surface area contributed by atoms with Gasteiger partial charge in [-0.05, 0) is 37.6 Å². The third-order valence-electron chi connectivity index (χ3n) is 2.71. The molecule has 18 heavy (non-hydrogen) atoms. The van der Waals surface area contributed by atoms with E-state index in [-0.39, 0.29) is 10.6 Å². The maximum Gasteiger partial charge on any atom is 0.142 e. The molecule has 0 saturated carbocycles. The van der Waals surface area contributed by atoms with Crippen LogP contribution < -0.4 is 0 Å². The van der Waals surface area contributed by atoms with Gasteiger partial charge in [-0.25, -0.2) is 8.78 Å². The molecule has 1 atom stereocenters. The number of thiophene rings is 1. The molecular formula is C13H11ClF2OS. The van der Waals surface area contributed by atoms with Crippen LogP contribution in [0.25, 0.3) is 0 Å². The van der Waals surface area contributed by atoms with Crippen molar-refractivity contribution in [3.8, 4) is 0 Å². The first-order valence-corrected chi connectivity index (χ1v) is 6.49. The number of rotatable bonds is 2. The molecule has 96 valence electrons. The summed E-state index contributed by atoms with van der Waals surface area (Å²) in [5, 5.41) is 9.85. The van der Waals surface area contributed by atoms with Crippen LogP contribution in [0, 0.1) is 25.5 Å². The third kappa shape index (κ3) is 2.41. The van der Waals surface area contributed by atoms with Crippen molar-refractivity contribution in [2.75, 3.05) is 0 Å². The summed E-state index contributed by atoms with van der Waals surface area (Å²) in [5.41, 5.74) is 0.496. The van der Waals surface area contributed by atoms with Crippen LogP contribution in [0.4, 0.5) is 8.78 Å². The summed E-state index contributed by atoms with van der Waals surface area (Å²) in [5.74, 6) is -1.45. The Morgan fingerprint density at radius 2 is 1.78 bits per heavy atom. The van der Waals surface area contributed by atoms with Crippen LogP contribution in [0.5, 0.6) is 0 Å². The van der Waals surface area contributed by atoms with E-state index in [1.54, 1.807) is 6.07 Å². The van der Waals surface area contributed by atoms with Crippen molar-refractivity contribution in [3.05, 3.63) is 55.7 Å². The standard InChI is InChI=1S/C13H11ClF2OS/c1-6-3-8(7(2)18-6)13(17)9-4-12(16)10(14)5-11(9)15/h3-5,13,17H,1-2H3. The van der Waals surface area contributed by atoms with E-state index in [0.717, 1.165) is 21.9 Å². The summed E-state index contributed by atoms with van der Waals surface area (Å²) < 4.78 is 27.0. The minimum atomic E-state index is -1.18. The Labute approximate surface area is 113 Å². The molecule has 0 amide bonds. The Morgan fingerprint density at radius 3 is 2.33 bits per heavy atom. The van der Waals surface area contributed by atoms with Gasteiger partial charge in [0.2, 0.25) is 0 Å². The summed E-state index contributed by atoms with van der Waals surface area (Å²) in [4.78, 5) is 1.89. The fraction of sp³-hybridized carbons (Fsp3) is 0.231. The fourth-order valence-electron chi connectivity index (χ4n) is 1.84. The van der Waals surface area contributed by atoms with Gasteiger partial charge in [-0.2, -0.15) is 0 Å². The molecule has 0 saturated heterocycles. The molecule has 2 rings (SSSR count). The second-order valence-electron chi connectivity index (χ2n) is 4.06. The first-order valence-electron chi connectivity index (χ1n) is 5.29. The van der Waals surface area contributed by atoms with Gasteiger partial charge >= 0.3 is 0 Å². The highest BCUT2D eigenvalue weighted by molar-refractivity contribution is 7.12. The summed E-state index contributed by atoms with van der Waals surface area (Å²) >= 11 is 6.98. The van der Waals surface area contributed by atoms with E-state index in [2.05, 4.69) is 0 Å². The number of hydrogen-bond acceptors (Lipinski definition) is 2. The average Bonchev–Trinajstić information content (AvgIpc) is 2.62. The molecular weight excluding hydrogens is 278 g/mol. The number of hydrogen-bond donors (Lipinski definition) is 1. The number of aliphatic hydroxyl groups is 1. The van der Waals surface area contributed by atoms with Crippen molar-refractivity contribution in [1.29, 1.82) is 0 Å². The van der Waals surface area contributed by atoms with E-state index in [4.69, 9.17) is 11.6 Å². The van der Waals surface area contributed by atoms with E-state index in [0.29, 0.717) is 5.56 Å². The molecule has 0 spiro atoms. The Morgan fingerprint density at radius 1 is 1.11 bits per heavy atom. The van der Waals surface area contributed by atoms with Crippen LogP contribution in [-0.4, -0.2) is 5.11 Å². The number of aliphatic hydroxyl groups excluding tert-OH is 1. The van der Waals surface area contributed by atoms with Crippen LogP contribution in [0.15, 0.2) is 18.2 Å². The van der Waals surface area contributed by atoms with Gasteiger partial charge in [0.15, 0.2) is 0 Å². The molecule has 0 aliphatic heterocycles. The zero-order chi connectivity index (χ0) is 13.4. The van der Waals surface area contributed by atoms with Crippen molar-refractivity contribution in [1.82, 2.24) is 0 Å². The molecule has 1 nitrogen and oxygen atoms in total. The first-order chi connectivity index (χ1) is 8.40. The molecule has 5 heteroatoms. The molecule has 1 heterocycles. The molecule has 0 aliphatic carbocycles. The summed E-state index contributed by atoms with van der Waals surface area (Å²) in [6.07, 6.45) is -1.18. The van der Waals surface area contributed by atoms with Crippen LogP contribution >= 0.6 is 22.9 Å². The predicted molar refractivity (Wildman–Crippen MR) is 69.2 cm³/mol. The molecule has 0 aliphatic rings. The SMILES string of the molecule is Cc1cc(C(O)c2cc(F)c(Cl)cc2F)c(C)s1. The third-order valence-corrected chi connectivity index (χ3v) is 3.98. The van der Waals surface area contributed by atoms with Crippen molar-refractivity contribution in [2.24, 2.45) is 0 Å². The van der Waals surface area contributed by atoms with Gasteiger partial charge in [0.1, 0.15) is 17.7 Å². The smallest absolute Gasteiger partial charge is 0.142 e. The maximum atomic E-state index is 13.7. The second-order valence-corrected chi connectivity index (χ2v) is 5.93. The van der Waals surface area contributed by atoms with Gasteiger partial charge in [-0.3, -0.25) is 0 Å². The van der Waals surface area contributed by atoms with Gasteiger partial charge in [0.25, 0.3) is 0 Å². The fourth-order valence-corrected chi connectivity index (χ4v) is 2.94. The van der Waals surface area contributed by atoms with Gasteiger partial charge in [-0.1, -0.05) is 11.6 Å². The molecule has 1 aromatic carbocycles. The normalized spacial score (nSPS) is 12.8. The van der Waals surface area contributed by atoms with Crippen LogP contribution in [-0.2, 0) is 0 Å². The average molecular weight is 289 g/mol. The van der Waals surface area contributed by atoms with E-state index < -0.39 is 17.7 Å². The molecule has 0 radical (unpaired) electrons. The lowest BCUT2D eigenvalue weighted by atomic mass is 10.0. The minimum Gasteiger partial charge on any atom is -0.384 e. The molecule has 0 bridgehead atoms. The molecule has 1 unspecified atom stereocenters. The Balaban J connectivity index is 2.49. The van der Waals surface area contributed by atoms with Gasteiger partial charge < -0.3 is 5.11 Å². The lowest BCUT2D eigenvalue weighted by Crippen LogP contribution is -2.04. The van der Waals surface area contributed by atoms with Gasteiger partial charge in [0.05, 0.1) is 5.02 Å². The minimum absolute atomic E-state index is 0.0993. The monoisotopic (exact) mass is 288 g/mol.